The van der Waals surface area contributed by atoms with Gasteiger partial charge in [0.25, 0.3) is 0 Å². The van der Waals surface area contributed by atoms with Crippen molar-refractivity contribution in [2.24, 2.45) is 0 Å². The first-order chi connectivity index (χ1) is 9.16. The molecule has 0 atom stereocenters. The second-order valence-electron chi connectivity index (χ2n) is 3.18. The van der Waals surface area contributed by atoms with Crippen LogP contribution in [0.3, 0.4) is 0 Å². The van der Waals surface area contributed by atoms with Crippen LogP contribution < -0.4 is 0 Å². The van der Waals surface area contributed by atoms with Crippen LogP contribution in [0, 0.1) is 0 Å². The van der Waals surface area contributed by atoms with Crippen molar-refractivity contribution in [3.8, 4) is 0 Å². The third-order valence-electron chi connectivity index (χ3n) is 1.21. The molecule has 0 unspecified atom stereocenters. The van der Waals surface area contributed by atoms with Crippen LogP contribution in [-0.2, 0) is 4.74 Å². The molecule has 0 saturated carbocycles. The van der Waals surface area contributed by atoms with Gasteiger partial charge in [0.15, 0.2) is 0 Å². The summed E-state index contributed by atoms with van der Waals surface area (Å²) in [5.41, 5.74) is 0. The van der Waals surface area contributed by atoms with Gasteiger partial charge in [-0.1, -0.05) is 20.3 Å². The van der Waals surface area contributed by atoms with E-state index >= 15 is 0 Å². The van der Waals surface area contributed by atoms with E-state index in [1.54, 1.807) is 6.92 Å². The van der Waals surface area contributed by atoms with Gasteiger partial charge in [0, 0.05) is 19.8 Å². The summed E-state index contributed by atoms with van der Waals surface area (Å²) in [6, 6.07) is 0. The second-order valence-corrected chi connectivity index (χ2v) is 3.18. The lowest BCUT2D eigenvalue weighted by Gasteiger charge is -1.94. The van der Waals surface area contributed by atoms with Gasteiger partial charge in [-0.05, 0) is 19.8 Å². The molecule has 122 valence electrons. The Labute approximate surface area is 117 Å². The number of hydrogen-bond acceptors (Lipinski definition) is 6. The SMILES string of the molecule is CCCCO.CCCO.CCO.OCCOCCO. The minimum atomic E-state index is 0.0278. The number of aliphatic hydroxyl groups is 5. The average Bonchev–Trinajstić information content (AvgIpc) is 2.42. The maximum Gasteiger partial charge on any atom is 0.0698 e. The Kier molecular flexibility index (Phi) is 61.6. The number of ether oxygens (including phenoxy) is 1. The third-order valence-corrected chi connectivity index (χ3v) is 1.21. The van der Waals surface area contributed by atoms with Crippen molar-refractivity contribution in [1.29, 1.82) is 0 Å². The van der Waals surface area contributed by atoms with E-state index in [0.717, 1.165) is 19.3 Å². The highest BCUT2D eigenvalue weighted by molar-refractivity contribution is 4.24. The first kappa shape index (κ1) is 27.2. The molecule has 0 aliphatic carbocycles. The summed E-state index contributed by atoms with van der Waals surface area (Å²) in [4.78, 5) is 0. The lowest BCUT2D eigenvalue weighted by atomic mass is 10.4. The zero-order valence-electron chi connectivity index (χ0n) is 12.7. The molecule has 0 aromatic carbocycles. The zero-order valence-corrected chi connectivity index (χ0v) is 12.7. The van der Waals surface area contributed by atoms with E-state index in [2.05, 4.69) is 11.7 Å². The number of rotatable bonds is 7. The Morgan fingerprint density at radius 2 is 1.00 bits per heavy atom. The average molecular weight is 286 g/mol. The number of aliphatic hydroxyl groups excluding tert-OH is 5. The smallest absolute Gasteiger partial charge is 0.0698 e. The third kappa shape index (κ3) is 96.5. The van der Waals surface area contributed by atoms with Crippen LogP contribution in [0.5, 0.6) is 0 Å². The molecule has 0 heterocycles. The van der Waals surface area contributed by atoms with Crippen LogP contribution >= 0.6 is 0 Å². The molecule has 6 nitrogen and oxygen atoms in total. The van der Waals surface area contributed by atoms with Crippen molar-refractivity contribution in [3.63, 3.8) is 0 Å². The summed E-state index contributed by atoms with van der Waals surface area (Å²) in [5, 5.41) is 39.7. The number of hydrogen-bond donors (Lipinski definition) is 5. The summed E-state index contributed by atoms with van der Waals surface area (Å²) < 4.78 is 4.63. The molecule has 0 aromatic rings. The van der Waals surface area contributed by atoms with Crippen LogP contribution in [0.4, 0.5) is 0 Å². The Morgan fingerprint density at radius 1 is 0.632 bits per heavy atom. The Morgan fingerprint density at radius 3 is 1.11 bits per heavy atom. The minimum absolute atomic E-state index is 0.0278. The van der Waals surface area contributed by atoms with E-state index in [-0.39, 0.29) is 19.8 Å². The molecule has 0 bridgehead atoms. The molecule has 0 aliphatic rings. The molecular formula is C13H34O6. The molecule has 0 spiro atoms. The Balaban J connectivity index is -0.0000000833. The van der Waals surface area contributed by atoms with E-state index in [1.165, 1.54) is 0 Å². The highest BCUT2D eigenvalue weighted by atomic mass is 16.5. The standard InChI is InChI=1S/C4H10O3.C4H10O.C3H8O.C2H6O/c5-1-3-7-4-2-6;1-2-3-4-5;1-2-3-4;1-2-3/h5-6H,1-4H2;5H,2-4H2,1H3;4H,2-3H2,1H3;3H,2H2,1H3. The summed E-state index contributed by atoms with van der Waals surface area (Å²) in [6.45, 7) is 7.27. The molecule has 0 radical (unpaired) electrons. The predicted octanol–water partition coefficient (Wildman–Crippen LogP) is 0.154. The van der Waals surface area contributed by atoms with Crippen molar-refractivity contribution in [2.45, 2.75) is 40.0 Å². The van der Waals surface area contributed by atoms with Gasteiger partial charge >= 0.3 is 0 Å². The van der Waals surface area contributed by atoms with Gasteiger partial charge in [0.05, 0.1) is 26.4 Å². The fourth-order valence-corrected chi connectivity index (χ4v) is 0.389. The predicted molar refractivity (Wildman–Crippen MR) is 77.1 cm³/mol. The van der Waals surface area contributed by atoms with Crippen LogP contribution in [0.15, 0.2) is 0 Å². The molecule has 0 fully saturated rings. The van der Waals surface area contributed by atoms with Gasteiger partial charge in [-0.25, -0.2) is 0 Å². The maximum atomic E-state index is 8.09. The molecule has 6 heteroatoms. The topological polar surface area (TPSA) is 110 Å². The fraction of sp³-hybridized carbons (Fsp3) is 1.00. The minimum Gasteiger partial charge on any atom is -0.397 e. The quantitative estimate of drug-likeness (QED) is 0.426. The van der Waals surface area contributed by atoms with Crippen LogP contribution in [0.1, 0.15) is 40.0 Å². The Hall–Kier alpha value is -0.240. The van der Waals surface area contributed by atoms with Gasteiger partial charge in [0.1, 0.15) is 0 Å². The summed E-state index contributed by atoms with van der Waals surface area (Å²) in [5.74, 6) is 0. The van der Waals surface area contributed by atoms with Gasteiger partial charge in [-0.2, -0.15) is 0 Å². The molecule has 19 heavy (non-hydrogen) atoms. The van der Waals surface area contributed by atoms with E-state index in [0.29, 0.717) is 26.4 Å². The van der Waals surface area contributed by atoms with Gasteiger partial charge in [0.2, 0.25) is 0 Å². The summed E-state index contributed by atoms with van der Waals surface area (Å²) >= 11 is 0. The van der Waals surface area contributed by atoms with Gasteiger partial charge < -0.3 is 30.3 Å². The molecule has 0 aromatic heterocycles. The lowest BCUT2D eigenvalue weighted by molar-refractivity contribution is 0.0650. The normalized spacial score (nSPS) is 8.21. The van der Waals surface area contributed by atoms with Crippen LogP contribution in [-0.4, -0.2) is 71.8 Å². The maximum absolute atomic E-state index is 8.09. The second kappa shape index (κ2) is 43.1. The molecule has 0 amide bonds. The molecule has 0 aliphatic heterocycles. The highest BCUT2D eigenvalue weighted by Gasteiger charge is 1.79. The van der Waals surface area contributed by atoms with E-state index < -0.39 is 0 Å². The summed E-state index contributed by atoms with van der Waals surface area (Å²) in [6.07, 6.45) is 2.91. The Bertz CT molecular complexity index is 85.2. The van der Waals surface area contributed by atoms with Crippen molar-refractivity contribution < 1.29 is 30.3 Å². The zero-order chi connectivity index (χ0) is 15.8. The summed E-state index contributed by atoms with van der Waals surface area (Å²) in [7, 11) is 0. The molecule has 0 rings (SSSR count). The van der Waals surface area contributed by atoms with Crippen molar-refractivity contribution in [3.05, 3.63) is 0 Å². The van der Waals surface area contributed by atoms with E-state index in [1.807, 2.05) is 6.92 Å². The van der Waals surface area contributed by atoms with Gasteiger partial charge in [-0.15, -0.1) is 0 Å². The first-order valence-electron chi connectivity index (χ1n) is 6.78. The monoisotopic (exact) mass is 286 g/mol. The largest absolute Gasteiger partial charge is 0.397 e. The molecular weight excluding hydrogens is 252 g/mol. The van der Waals surface area contributed by atoms with Crippen molar-refractivity contribution in [1.82, 2.24) is 0 Å². The molecule has 0 saturated heterocycles. The highest BCUT2D eigenvalue weighted by Crippen LogP contribution is 1.78. The molecule has 5 N–H and O–H groups in total. The lowest BCUT2D eigenvalue weighted by Crippen LogP contribution is -2.03. The van der Waals surface area contributed by atoms with Gasteiger partial charge in [-0.3, -0.25) is 0 Å². The van der Waals surface area contributed by atoms with Crippen molar-refractivity contribution in [2.75, 3.05) is 46.2 Å². The van der Waals surface area contributed by atoms with Crippen LogP contribution in [0.25, 0.3) is 0 Å². The fourth-order valence-electron chi connectivity index (χ4n) is 0.389. The first-order valence-corrected chi connectivity index (χ1v) is 6.78. The van der Waals surface area contributed by atoms with Crippen LogP contribution in [0.2, 0.25) is 0 Å². The van der Waals surface area contributed by atoms with E-state index in [9.17, 15) is 0 Å². The van der Waals surface area contributed by atoms with Crippen molar-refractivity contribution >= 4 is 0 Å². The van der Waals surface area contributed by atoms with E-state index in [4.69, 9.17) is 25.5 Å². The number of unbranched alkanes of at least 4 members (excludes halogenated alkanes) is 1.